The quantitative estimate of drug-likeness (QED) is 0.748. The van der Waals surface area contributed by atoms with Crippen molar-refractivity contribution in [3.63, 3.8) is 0 Å². The zero-order valence-corrected chi connectivity index (χ0v) is 14.6. The van der Waals surface area contributed by atoms with E-state index in [0.29, 0.717) is 0 Å². The largest absolute Gasteiger partial charge is 0.352 e. The molecule has 108 valence electrons. The predicted molar refractivity (Wildman–Crippen MR) is 92.0 cm³/mol. The van der Waals surface area contributed by atoms with Gasteiger partial charge in [0, 0.05) is 21.4 Å². The summed E-state index contributed by atoms with van der Waals surface area (Å²) in [6.45, 7) is 0.738. The van der Waals surface area contributed by atoms with Gasteiger partial charge < -0.3 is 5.32 Å². The number of hydrogen-bond donors (Lipinski definition) is 1. The van der Waals surface area contributed by atoms with Crippen LogP contribution in [-0.4, -0.2) is 12.5 Å². The van der Waals surface area contributed by atoms with Crippen molar-refractivity contribution in [2.45, 2.75) is 17.7 Å². The van der Waals surface area contributed by atoms with E-state index in [-0.39, 0.29) is 10.7 Å². The van der Waals surface area contributed by atoms with E-state index < -0.39 is 0 Å². The molecule has 1 aliphatic rings. The number of carbonyl (C=O) groups is 1. The average Bonchev–Trinajstić information content (AvgIpc) is 2.50. The minimum atomic E-state index is 0.0430. The molecular formula is C17H15Br2NO. The summed E-state index contributed by atoms with van der Waals surface area (Å²) in [5.74, 6) is 0.0430. The van der Waals surface area contributed by atoms with Gasteiger partial charge in [-0.05, 0) is 47.7 Å². The SMILES string of the molecule is O=C1NCCc2ccc(C(Br)Cc3ccc(Br)cc3)cc21. The minimum absolute atomic E-state index is 0.0430. The molecule has 3 rings (SSSR count). The lowest BCUT2D eigenvalue weighted by atomic mass is 9.95. The molecule has 0 fully saturated rings. The molecule has 0 bridgehead atoms. The van der Waals surface area contributed by atoms with Crippen LogP contribution in [0.2, 0.25) is 0 Å². The molecule has 1 atom stereocenters. The first-order valence-corrected chi connectivity index (χ1v) is 8.64. The summed E-state index contributed by atoms with van der Waals surface area (Å²) in [6, 6.07) is 14.6. The van der Waals surface area contributed by atoms with Gasteiger partial charge in [0.1, 0.15) is 0 Å². The molecule has 0 aromatic heterocycles. The number of fused-ring (bicyclic) bond motifs is 1. The van der Waals surface area contributed by atoms with Crippen molar-refractivity contribution >= 4 is 37.8 Å². The summed E-state index contributed by atoms with van der Waals surface area (Å²) < 4.78 is 1.09. The Morgan fingerprint density at radius 2 is 1.90 bits per heavy atom. The van der Waals surface area contributed by atoms with E-state index in [4.69, 9.17) is 0 Å². The maximum atomic E-state index is 11.9. The van der Waals surface area contributed by atoms with E-state index >= 15 is 0 Å². The molecule has 0 spiro atoms. The van der Waals surface area contributed by atoms with Crippen LogP contribution in [0.4, 0.5) is 0 Å². The second-order valence-electron chi connectivity index (χ2n) is 5.22. The normalized spacial score (nSPS) is 15.2. The molecule has 4 heteroatoms. The lowest BCUT2D eigenvalue weighted by molar-refractivity contribution is 0.0946. The fourth-order valence-corrected chi connectivity index (χ4v) is 3.49. The smallest absolute Gasteiger partial charge is 0.251 e. The maximum absolute atomic E-state index is 11.9. The van der Waals surface area contributed by atoms with Gasteiger partial charge in [-0.3, -0.25) is 4.79 Å². The molecule has 0 radical (unpaired) electrons. The van der Waals surface area contributed by atoms with Crippen molar-refractivity contribution in [2.24, 2.45) is 0 Å². The van der Waals surface area contributed by atoms with Gasteiger partial charge >= 0.3 is 0 Å². The van der Waals surface area contributed by atoms with Gasteiger partial charge in [0.05, 0.1) is 0 Å². The van der Waals surface area contributed by atoms with Gasteiger partial charge in [-0.1, -0.05) is 56.1 Å². The minimum Gasteiger partial charge on any atom is -0.352 e. The van der Waals surface area contributed by atoms with E-state index in [1.54, 1.807) is 0 Å². The van der Waals surface area contributed by atoms with Crippen molar-refractivity contribution in [1.82, 2.24) is 5.32 Å². The molecule has 2 aromatic carbocycles. The van der Waals surface area contributed by atoms with E-state index in [9.17, 15) is 4.79 Å². The van der Waals surface area contributed by atoms with Gasteiger partial charge in [0.15, 0.2) is 0 Å². The molecule has 1 unspecified atom stereocenters. The predicted octanol–water partition coefficient (Wildman–Crippen LogP) is 4.41. The van der Waals surface area contributed by atoms with Gasteiger partial charge in [0.25, 0.3) is 5.91 Å². The summed E-state index contributed by atoms with van der Waals surface area (Å²) >= 11 is 7.19. The van der Waals surface area contributed by atoms with Crippen LogP contribution in [0.5, 0.6) is 0 Å². The molecule has 1 aliphatic heterocycles. The summed E-state index contributed by atoms with van der Waals surface area (Å²) in [7, 11) is 0. The molecule has 1 heterocycles. The van der Waals surface area contributed by atoms with Crippen molar-refractivity contribution in [3.05, 3.63) is 69.2 Å². The summed E-state index contributed by atoms with van der Waals surface area (Å²) in [6.07, 6.45) is 1.81. The molecule has 0 aliphatic carbocycles. The van der Waals surface area contributed by atoms with Crippen molar-refractivity contribution in [1.29, 1.82) is 0 Å². The van der Waals surface area contributed by atoms with Gasteiger partial charge in [-0.2, -0.15) is 0 Å². The number of carbonyl (C=O) groups excluding carboxylic acids is 1. The summed E-state index contributed by atoms with van der Waals surface area (Å²) in [5, 5.41) is 2.90. The van der Waals surface area contributed by atoms with Crippen molar-refractivity contribution in [2.75, 3.05) is 6.54 Å². The Labute approximate surface area is 141 Å². The van der Waals surface area contributed by atoms with Gasteiger partial charge in [-0.25, -0.2) is 0 Å². The van der Waals surface area contributed by atoms with Crippen LogP contribution in [0.15, 0.2) is 46.9 Å². The van der Waals surface area contributed by atoms with Gasteiger partial charge in [0.2, 0.25) is 0 Å². The van der Waals surface area contributed by atoms with Crippen LogP contribution in [0.3, 0.4) is 0 Å². The zero-order chi connectivity index (χ0) is 14.8. The number of benzene rings is 2. The fraction of sp³-hybridized carbons (Fsp3) is 0.235. The highest BCUT2D eigenvalue weighted by Gasteiger charge is 2.18. The molecule has 2 nitrogen and oxygen atoms in total. The first kappa shape index (κ1) is 14.8. The standard InChI is InChI=1S/C17H15Br2NO/c18-14-5-1-11(2-6-14)9-16(19)13-4-3-12-7-8-20-17(21)15(12)10-13/h1-6,10,16H,7-9H2,(H,20,21). The lowest BCUT2D eigenvalue weighted by Crippen LogP contribution is -2.31. The lowest BCUT2D eigenvalue weighted by Gasteiger charge is -2.19. The summed E-state index contributed by atoms with van der Waals surface area (Å²) in [4.78, 5) is 12.1. The number of hydrogen-bond acceptors (Lipinski definition) is 1. The fourth-order valence-electron chi connectivity index (χ4n) is 2.57. The molecule has 0 saturated carbocycles. The Kier molecular flexibility index (Phi) is 4.45. The molecular weight excluding hydrogens is 394 g/mol. The van der Waals surface area contributed by atoms with Crippen molar-refractivity contribution < 1.29 is 4.79 Å². The highest BCUT2D eigenvalue weighted by atomic mass is 79.9. The second kappa shape index (κ2) is 6.32. The molecule has 21 heavy (non-hydrogen) atoms. The Hall–Kier alpha value is -1.13. The van der Waals surface area contributed by atoms with Crippen LogP contribution >= 0.6 is 31.9 Å². The molecule has 1 amide bonds. The second-order valence-corrected chi connectivity index (χ2v) is 7.24. The third-order valence-electron chi connectivity index (χ3n) is 3.75. The van der Waals surface area contributed by atoms with E-state index in [0.717, 1.165) is 40.5 Å². The van der Waals surface area contributed by atoms with Crippen LogP contribution in [0, 0.1) is 0 Å². The van der Waals surface area contributed by atoms with Crippen LogP contribution in [-0.2, 0) is 12.8 Å². The van der Waals surface area contributed by atoms with E-state index in [1.807, 2.05) is 6.07 Å². The van der Waals surface area contributed by atoms with Gasteiger partial charge in [-0.15, -0.1) is 0 Å². The van der Waals surface area contributed by atoms with Crippen LogP contribution in [0.1, 0.15) is 31.9 Å². The Morgan fingerprint density at radius 3 is 2.67 bits per heavy atom. The Balaban J connectivity index is 1.81. The third-order valence-corrected chi connectivity index (χ3v) is 5.13. The molecule has 0 saturated heterocycles. The highest BCUT2D eigenvalue weighted by molar-refractivity contribution is 9.10. The first-order chi connectivity index (χ1) is 10.1. The number of alkyl halides is 1. The highest BCUT2D eigenvalue weighted by Crippen LogP contribution is 2.29. The Bertz CT molecular complexity index is 667. The van der Waals surface area contributed by atoms with Crippen LogP contribution < -0.4 is 5.32 Å². The van der Waals surface area contributed by atoms with E-state index in [1.165, 1.54) is 5.56 Å². The maximum Gasteiger partial charge on any atom is 0.251 e. The third kappa shape index (κ3) is 3.38. The Morgan fingerprint density at radius 1 is 1.14 bits per heavy atom. The number of halogens is 2. The number of nitrogens with one attached hydrogen (secondary N) is 1. The topological polar surface area (TPSA) is 29.1 Å². The van der Waals surface area contributed by atoms with Crippen LogP contribution in [0.25, 0.3) is 0 Å². The van der Waals surface area contributed by atoms with E-state index in [2.05, 4.69) is 73.6 Å². The zero-order valence-electron chi connectivity index (χ0n) is 11.4. The first-order valence-electron chi connectivity index (χ1n) is 6.93. The summed E-state index contributed by atoms with van der Waals surface area (Å²) in [5.41, 5.74) is 4.38. The average molecular weight is 409 g/mol. The monoisotopic (exact) mass is 407 g/mol. The number of rotatable bonds is 3. The molecule has 1 N–H and O–H groups in total. The molecule has 2 aromatic rings. The van der Waals surface area contributed by atoms with Crippen molar-refractivity contribution in [3.8, 4) is 0 Å². The number of amides is 1.